The Morgan fingerprint density at radius 3 is 1.94 bits per heavy atom. The highest BCUT2D eigenvalue weighted by atomic mass is 15.1. The van der Waals surface area contributed by atoms with Crippen LogP contribution in [-0.4, -0.2) is 19.5 Å². The van der Waals surface area contributed by atoms with Gasteiger partial charge in [0.15, 0.2) is 5.82 Å². The van der Waals surface area contributed by atoms with Crippen molar-refractivity contribution in [3.05, 3.63) is 198 Å². The van der Waals surface area contributed by atoms with Crippen molar-refractivity contribution in [2.45, 2.75) is 18.3 Å². The minimum Gasteiger partial charge on any atom is -0.292 e. The van der Waals surface area contributed by atoms with E-state index < -0.39 is 0 Å². The van der Waals surface area contributed by atoms with Crippen molar-refractivity contribution in [2.24, 2.45) is 0 Å². The minimum atomic E-state index is -0.374. The second-order valence-electron chi connectivity index (χ2n) is 13.9. The Morgan fingerprint density at radius 2 is 1.15 bits per heavy atom. The summed E-state index contributed by atoms with van der Waals surface area (Å²) in [6.45, 7) is 0. The maximum Gasteiger partial charge on any atom is 0.160 e. The molecule has 0 saturated heterocycles. The fourth-order valence-electron chi connectivity index (χ4n) is 9.00. The molecular weight excluding hydrogens is 633 g/mol. The van der Waals surface area contributed by atoms with Crippen LogP contribution in [0.15, 0.2) is 175 Å². The van der Waals surface area contributed by atoms with Crippen LogP contribution in [0.1, 0.15) is 35.1 Å². The average Bonchev–Trinajstić information content (AvgIpc) is 3.76. The summed E-state index contributed by atoms with van der Waals surface area (Å²) in [6.07, 6.45) is 6.77. The van der Waals surface area contributed by atoms with Gasteiger partial charge in [-0.05, 0) is 70.5 Å². The van der Waals surface area contributed by atoms with Gasteiger partial charge in [-0.2, -0.15) is 0 Å². The van der Waals surface area contributed by atoms with E-state index in [2.05, 4.69) is 162 Å². The molecule has 244 valence electrons. The molecular formula is C48H32N4. The zero-order valence-corrected chi connectivity index (χ0v) is 28.4. The zero-order chi connectivity index (χ0) is 34.2. The van der Waals surface area contributed by atoms with E-state index in [-0.39, 0.29) is 5.41 Å². The van der Waals surface area contributed by atoms with Gasteiger partial charge in [-0.25, -0.2) is 15.0 Å². The van der Waals surface area contributed by atoms with E-state index in [1.165, 1.54) is 44.6 Å². The molecule has 4 heteroatoms. The van der Waals surface area contributed by atoms with Crippen LogP contribution in [0.5, 0.6) is 0 Å². The number of benzene rings is 6. The normalized spacial score (nSPS) is 16.6. The Balaban J connectivity index is 1.14. The van der Waals surface area contributed by atoms with E-state index in [1.54, 1.807) is 0 Å². The highest BCUT2D eigenvalue weighted by molar-refractivity contribution is 5.98. The quantitative estimate of drug-likeness (QED) is 0.188. The molecule has 0 fully saturated rings. The number of para-hydroxylation sites is 2. The van der Waals surface area contributed by atoms with Crippen LogP contribution in [-0.2, 0) is 5.41 Å². The summed E-state index contributed by atoms with van der Waals surface area (Å²) in [5.74, 6) is 1.60. The molecule has 8 aromatic rings. The molecule has 3 aliphatic rings. The largest absolute Gasteiger partial charge is 0.292 e. The van der Waals surface area contributed by atoms with Gasteiger partial charge in [0.25, 0.3) is 0 Å². The monoisotopic (exact) mass is 664 g/mol. The van der Waals surface area contributed by atoms with Crippen LogP contribution < -0.4 is 0 Å². The van der Waals surface area contributed by atoms with Gasteiger partial charge in [0.1, 0.15) is 5.82 Å². The second kappa shape index (κ2) is 11.2. The first-order valence-electron chi connectivity index (χ1n) is 18.0. The summed E-state index contributed by atoms with van der Waals surface area (Å²) in [5, 5.41) is 0. The third-order valence-electron chi connectivity index (χ3n) is 11.1. The van der Waals surface area contributed by atoms with Crippen molar-refractivity contribution in [3.8, 4) is 51.0 Å². The molecule has 1 spiro atoms. The van der Waals surface area contributed by atoms with Crippen LogP contribution in [0, 0.1) is 0 Å². The molecule has 1 aliphatic heterocycles. The van der Waals surface area contributed by atoms with Crippen molar-refractivity contribution >= 4 is 16.6 Å². The maximum atomic E-state index is 5.43. The number of aromatic nitrogens is 4. The van der Waals surface area contributed by atoms with E-state index in [4.69, 9.17) is 15.0 Å². The molecule has 0 amide bonds. The molecule has 1 atom stereocenters. The van der Waals surface area contributed by atoms with E-state index in [1.807, 2.05) is 12.1 Å². The highest BCUT2D eigenvalue weighted by Crippen LogP contribution is 2.61. The van der Waals surface area contributed by atoms with Crippen LogP contribution in [0.4, 0.5) is 0 Å². The predicted octanol–water partition coefficient (Wildman–Crippen LogP) is 11.2. The fraction of sp³-hybridized carbons (Fsp3) is 0.0625. The SMILES string of the molecule is C1=CC2=C(CC1)C1(c3ccccc32)c2ccccc2-n2c(-c3cccc(-c4nc(-c5ccccc5)cc(-c5ccccc5)n4)c3)nc3cccc1c32. The maximum absolute atomic E-state index is 5.43. The number of nitrogens with zero attached hydrogens (tertiary/aromatic N) is 4. The van der Waals surface area contributed by atoms with Gasteiger partial charge in [-0.1, -0.05) is 146 Å². The van der Waals surface area contributed by atoms with Gasteiger partial charge < -0.3 is 0 Å². The summed E-state index contributed by atoms with van der Waals surface area (Å²) < 4.78 is 2.40. The number of allylic oxidation sites excluding steroid dienone is 4. The third kappa shape index (κ3) is 4.06. The van der Waals surface area contributed by atoms with Crippen molar-refractivity contribution in [3.63, 3.8) is 0 Å². The second-order valence-corrected chi connectivity index (χ2v) is 13.9. The fourth-order valence-corrected chi connectivity index (χ4v) is 9.00. The summed E-state index contributed by atoms with van der Waals surface area (Å²) in [6, 6.07) is 56.1. The van der Waals surface area contributed by atoms with Gasteiger partial charge in [-0.15, -0.1) is 0 Å². The van der Waals surface area contributed by atoms with E-state index >= 15 is 0 Å². The van der Waals surface area contributed by atoms with Crippen molar-refractivity contribution in [2.75, 3.05) is 0 Å². The minimum absolute atomic E-state index is 0.374. The Morgan fingerprint density at radius 1 is 0.519 bits per heavy atom. The topological polar surface area (TPSA) is 43.6 Å². The Kier molecular flexibility index (Phi) is 6.26. The van der Waals surface area contributed by atoms with Crippen molar-refractivity contribution in [1.82, 2.24) is 19.5 Å². The highest BCUT2D eigenvalue weighted by Gasteiger charge is 2.51. The van der Waals surface area contributed by atoms with E-state index in [9.17, 15) is 0 Å². The lowest BCUT2D eigenvalue weighted by molar-refractivity contribution is 0.683. The lowest BCUT2D eigenvalue weighted by Gasteiger charge is -2.41. The predicted molar refractivity (Wildman–Crippen MR) is 210 cm³/mol. The molecule has 0 saturated carbocycles. The Bertz CT molecular complexity index is 2730. The van der Waals surface area contributed by atoms with Crippen molar-refractivity contribution in [1.29, 1.82) is 0 Å². The summed E-state index contributed by atoms with van der Waals surface area (Å²) in [4.78, 5) is 15.7. The van der Waals surface area contributed by atoms with Gasteiger partial charge in [0.05, 0.1) is 33.5 Å². The molecule has 0 bridgehead atoms. The molecule has 3 heterocycles. The van der Waals surface area contributed by atoms with Gasteiger partial charge in [-0.3, -0.25) is 4.57 Å². The Hall–Kier alpha value is -6.65. The average molecular weight is 665 g/mol. The van der Waals surface area contributed by atoms with Crippen LogP contribution in [0.25, 0.3) is 67.6 Å². The van der Waals surface area contributed by atoms with Crippen LogP contribution >= 0.6 is 0 Å². The Labute approximate surface area is 302 Å². The van der Waals surface area contributed by atoms with Crippen LogP contribution in [0.2, 0.25) is 0 Å². The van der Waals surface area contributed by atoms with Crippen LogP contribution in [0.3, 0.4) is 0 Å². The lowest BCUT2D eigenvalue weighted by Crippen LogP contribution is -2.34. The molecule has 0 radical (unpaired) electrons. The van der Waals surface area contributed by atoms with E-state index in [0.29, 0.717) is 5.82 Å². The molecule has 4 nitrogen and oxygen atoms in total. The standard InChI is InChI=1S/C48H32N4/c1-3-15-31(16-4-1)42-30-43(32-17-5-2-6-18-32)50-46(49-42)33-19-13-20-34(29-33)47-51-41-27-14-26-40-45(41)52(47)44-28-12-11-25-39(44)48(40)37-23-9-7-21-35(37)36-22-8-10-24-38(36)48/h1-9,11-23,25-30H,10,24H2. The molecule has 6 aromatic carbocycles. The van der Waals surface area contributed by atoms with Gasteiger partial charge in [0.2, 0.25) is 0 Å². The molecule has 11 rings (SSSR count). The third-order valence-corrected chi connectivity index (χ3v) is 11.1. The molecule has 0 N–H and O–H groups in total. The zero-order valence-electron chi connectivity index (χ0n) is 28.4. The number of imidazole rings is 1. The lowest BCUT2D eigenvalue weighted by atomic mass is 9.63. The summed E-state index contributed by atoms with van der Waals surface area (Å²) >= 11 is 0. The number of hydrogen-bond acceptors (Lipinski definition) is 3. The molecule has 2 aromatic heterocycles. The summed E-state index contributed by atoms with van der Waals surface area (Å²) in [5.41, 5.74) is 17.0. The molecule has 1 unspecified atom stereocenters. The summed E-state index contributed by atoms with van der Waals surface area (Å²) in [7, 11) is 0. The van der Waals surface area contributed by atoms with E-state index in [0.717, 1.165) is 57.8 Å². The van der Waals surface area contributed by atoms with Gasteiger partial charge >= 0.3 is 0 Å². The first-order valence-corrected chi connectivity index (χ1v) is 18.0. The first-order chi connectivity index (χ1) is 25.8. The number of fused-ring (bicyclic) bond motifs is 8. The smallest absolute Gasteiger partial charge is 0.160 e. The first kappa shape index (κ1) is 29.1. The molecule has 52 heavy (non-hydrogen) atoms. The number of hydrogen-bond donors (Lipinski definition) is 0. The molecule has 2 aliphatic carbocycles. The van der Waals surface area contributed by atoms with Crippen molar-refractivity contribution < 1.29 is 0 Å². The number of rotatable bonds is 4. The van der Waals surface area contributed by atoms with Gasteiger partial charge in [0, 0.05) is 22.3 Å².